The molecule has 0 saturated heterocycles. The maximum atomic E-state index is 12.9. The fraction of sp³-hybridized carbons (Fsp3) is 0.400. The predicted octanol–water partition coefficient (Wildman–Crippen LogP) is 4.09. The fourth-order valence-electron chi connectivity index (χ4n) is 4.13. The molecule has 4 N–H and O–H groups in total. The Bertz CT molecular complexity index is 1130. The third-order valence-corrected chi connectivity index (χ3v) is 6.12. The summed E-state index contributed by atoms with van der Waals surface area (Å²) in [6.07, 6.45) is 0.844. The lowest BCUT2D eigenvalue weighted by Crippen LogP contribution is -2.46. The Morgan fingerprint density at radius 2 is 1.78 bits per heavy atom. The van der Waals surface area contributed by atoms with Gasteiger partial charge in [0.2, 0.25) is 0 Å². The molecule has 4 rings (SSSR count). The molecule has 7 heteroatoms. The zero-order valence-corrected chi connectivity index (χ0v) is 18.6. The van der Waals surface area contributed by atoms with E-state index in [0.29, 0.717) is 23.3 Å². The molecule has 0 fully saturated rings. The predicted molar refractivity (Wildman–Crippen MR) is 118 cm³/mol. The van der Waals surface area contributed by atoms with Gasteiger partial charge in [-0.1, -0.05) is 11.6 Å². The number of carbonyl (C=O) groups excluding carboxylic acids is 1. The number of aliphatic hydroxyl groups excluding tert-OH is 1. The van der Waals surface area contributed by atoms with Gasteiger partial charge < -0.3 is 29.9 Å². The number of carbonyl (C=O) groups is 1. The highest BCUT2D eigenvalue weighted by Crippen LogP contribution is 2.47. The van der Waals surface area contributed by atoms with Gasteiger partial charge in [0, 0.05) is 29.7 Å². The summed E-state index contributed by atoms with van der Waals surface area (Å²) in [6.45, 7) is 7.36. The number of Topliss-reactive ketones (excluding diaryl/α,β-unsaturated/α-hetero) is 1. The number of benzene rings is 2. The Hall–Kier alpha value is -3.19. The summed E-state index contributed by atoms with van der Waals surface area (Å²) in [5.74, 6) is -0.345. The molecule has 2 aliphatic rings. The highest BCUT2D eigenvalue weighted by Gasteiger charge is 2.38. The number of ether oxygens (including phenoxy) is 2. The second-order valence-corrected chi connectivity index (χ2v) is 9.26. The second-order valence-electron chi connectivity index (χ2n) is 9.26. The third-order valence-electron chi connectivity index (χ3n) is 6.12. The molecular formula is C25H28O7. The average Bonchev–Trinajstić information content (AvgIpc) is 2.67. The molecule has 0 aromatic heterocycles. The molecule has 0 spiro atoms. The number of hydrogen-bond acceptors (Lipinski definition) is 7. The Labute approximate surface area is 186 Å². The van der Waals surface area contributed by atoms with Crippen LogP contribution in [0.1, 0.15) is 67.3 Å². The molecule has 0 unspecified atom stereocenters. The first-order chi connectivity index (χ1) is 15.0. The molecule has 0 amide bonds. The van der Waals surface area contributed by atoms with Crippen molar-refractivity contribution in [1.29, 1.82) is 0 Å². The summed E-state index contributed by atoms with van der Waals surface area (Å²) in [5.41, 5.74) is 1.62. The Kier molecular flexibility index (Phi) is 5.33. The van der Waals surface area contributed by atoms with E-state index < -0.39 is 17.8 Å². The van der Waals surface area contributed by atoms with Crippen molar-refractivity contribution in [3.8, 4) is 28.7 Å². The Morgan fingerprint density at radius 3 is 2.47 bits per heavy atom. The molecule has 2 aromatic carbocycles. The highest BCUT2D eigenvalue weighted by atomic mass is 16.5. The van der Waals surface area contributed by atoms with Crippen molar-refractivity contribution in [3.05, 3.63) is 52.1 Å². The van der Waals surface area contributed by atoms with E-state index in [-0.39, 0.29) is 52.7 Å². The molecule has 2 atom stereocenters. The SMILES string of the molecule is CC(C)=CCc1c(O)cc2c(c1O)C(=O)C[C@@H](c1cc3c(cc1O)OC(C)(C)[C@H](O)C3)O2. The van der Waals surface area contributed by atoms with Gasteiger partial charge in [-0.25, -0.2) is 0 Å². The number of ketones is 1. The molecular weight excluding hydrogens is 412 g/mol. The Morgan fingerprint density at radius 1 is 1.09 bits per heavy atom. The molecule has 2 heterocycles. The van der Waals surface area contributed by atoms with Gasteiger partial charge >= 0.3 is 0 Å². The topological polar surface area (TPSA) is 116 Å². The van der Waals surface area contributed by atoms with Crippen LogP contribution in [-0.2, 0) is 12.8 Å². The molecule has 0 radical (unpaired) electrons. The number of aliphatic hydroxyl groups is 1. The fourth-order valence-corrected chi connectivity index (χ4v) is 4.13. The van der Waals surface area contributed by atoms with Crippen LogP contribution in [0.2, 0.25) is 0 Å². The number of fused-ring (bicyclic) bond motifs is 2. The third kappa shape index (κ3) is 3.77. The van der Waals surface area contributed by atoms with Crippen LogP contribution >= 0.6 is 0 Å². The van der Waals surface area contributed by atoms with E-state index in [1.165, 1.54) is 12.1 Å². The summed E-state index contributed by atoms with van der Waals surface area (Å²) in [7, 11) is 0. The van der Waals surface area contributed by atoms with E-state index in [0.717, 1.165) is 5.57 Å². The zero-order valence-electron chi connectivity index (χ0n) is 18.6. The molecule has 2 aromatic rings. The summed E-state index contributed by atoms with van der Waals surface area (Å²) in [6, 6.07) is 4.48. The average molecular weight is 440 g/mol. The van der Waals surface area contributed by atoms with E-state index >= 15 is 0 Å². The van der Waals surface area contributed by atoms with Crippen LogP contribution in [0.4, 0.5) is 0 Å². The first-order valence-electron chi connectivity index (χ1n) is 10.6. The van der Waals surface area contributed by atoms with Gasteiger partial charge in [0.05, 0.1) is 12.5 Å². The van der Waals surface area contributed by atoms with Crippen LogP contribution in [0.25, 0.3) is 0 Å². The minimum absolute atomic E-state index is 0.0363. The largest absolute Gasteiger partial charge is 0.507 e. The first-order valence-corrected chi connectivity index (χ1v) is 10.6. The molecule has 0 saturated carbocycles. The number of allylic oxidation sites excluding steroid dienone is 2. The van der Waals surface area contributed by atoms with Crippen molar-refractivity contribution in [2.75, 3.05) is 0 Å². The Balaban J connectivity index is 1.70. The lowest BCUT2D eigenvalue weighted by atomic mass is 9.88. The lowest BCUT2D eigenvalue weighted by molar-refractivity contribution is -0.0413. The number of rotatable bonds is 3. The summed E-state index contributed by atoms with van der Waals surface area (Å²) < 4.78 is 11.8. The van der Waals surface area contributed by atoms with E-state index in [1.54, 1.807) is 19.9 Å². The van der Waals surface area contributed by atoms with Crippen molar-refractivity contribution < 1.29 is 34.7 Å². The van der Waals surface area contributed by atoms with Crippen LogP contribution in [0.15, 0.2) is 29.8 Å². The number of hydrogen-bond donors (Lipinski definition) is 4. The van der Waals surface area contributed by atoms with Crippen molar-refractivity contribution >= 4 is 5.78 Å². The molecule has 0 aliphatic carbocycles. The van der Waals surface area contributed by atoms with Crippen LogP contribution in [0.3, 0.4) is 0 Å². The van der Waals surface area contributed by atoms with Gasteiger partial charge in [-0.3, -0.25) is 4.79 Å². The second kappa shape index (κ2) is 7.74. The van der Waals surface area contributed by atoms with Gasteiger partial charge in [0.25, 0.3) is 0 Å². The molecule has 32 heavy (non-hydrogen) atoms. The van der Waals surface area contributed by atoms with Gasteiger partial charge in [-0.15, -0.1) is 0 Å². The zero-order chi connectivity index (χ0) is 23.4. The van der Waals surface area contributed by atoms with Crippen LogP contribution in [0, 0.1) is 0 Å². The molecule has 7 nitrogen and oxygen atoms in total. The smallest absolute Gasteiger partial charge is 0.174 e. The summed E-state index contributed by atoms with van der Waals surface area (Å²) in [4.78, 5) is 12.9. The maximum absolute atomic E-state index is 12.9. The van der Waals surface area contributed by atoms with Crippen LogP contribution < -0.4 is 9.47 Å². The quantitative estimate of drug-likeness (QED) is 0.531. The monoisotopic (exact) mass is 440 g/mol. The van der Waals surface area contributed by atoms with Crippen molar-refractivity contribution in [1.82, 2.24) is 0 Å². The van der Waals surface area contributed by atoms with Crippen molar-refractivity contribution in [3.63, 3.8) is 0 Å². The van der Waals surface area contributed by atoms with Crippen molar-refractivity contribution in [2.24, 2.45) is 0 Å². The van der Waals surface area contributed by atoms with Gasteiger partial charge in [0.1, 0.15) is 46.0 Å². The standard InChI is InChI=1S/C25H28O7/c1-12(2)5-6-14-16(26)10-21-23(24(14)30)18(28)11-20(31-21)15-7-13-8-22(29)25(3,4)32-19(13)9-17(15)27/h5,7,9-10,20,22,26-27,29-30H,6,8,11H2,1-4H3/t20-,22+/m0/s1. The van der Waals surface area contributed by atoms with Crippen molar-refractivity contribution in [2.45, 2.75) is 64.8 Å². The highest BCUT2D eigenvalue weighted by molar-refractivity contribution is 6.03. The molecule has 170 valence electrons. The summed E-state index contributed by atoms with van der Waals surface area (Å²) in [5, 5.41) is 42.1. The van der Waals surface area contributed by atoms with E-state index in [9.17, 15) is 25.2 Å². The lowest BCUT2D eigenvalue weighted by Gasteiger charge is -2.37. The van der Waals surface area contributed by atoms with E-state index in [1.807, 2.05) is 19.9 Å². The molecule has 0 bridgehead atoms. The minimum atomic E-state index is -0.810. The number of phenols is 3. The number of phenolic OH excluding ortho intramolecular Hbond substituents is 3. The van der Waals surface area contributed by atoms with Crippen LogP contribution in [0.5, 0.6) is 28.7 Å². The van der Waals surface area contributed by atoms with E-state index in [4.69, 9.17) is 9.47 Å². The summed E-state index contributed by atoms with van der Waals surface area (Å²) >= 11 is 0. The minimum Gasteiger partial charge on any atom is -0.507 e. The maximum Gasteiger partial charge on any atom is 0.174 e. The first kappa shape index (κ1) is 22.0. The van der Waals surface area contributed by atoms with Gasteiger partial charge in [0.15, 0.2) is 5.78 Å². The van der Waals surface area contributed by atoms with Gasteiger partial charge in [-0.05, 0) is 45.7 Å². The number of aromatic hydroxyl groups is 3. The van der Waals surface area contributed by atoms with Crippen LogP contribution in [-0.4, -0.2) is 37.9 Å². The molecule has 2 aliphatic heterocycles. The van der Waals surface area contributed by atoms with Gasteiger partial charge in [-0.2, -0.15) is 0 Å². The van der Waals surface area contributed by atoms with E-state index in [2.05, 4.69) is 0 Å². The normalized spacial score (nSPS) is 21.1.